The van der Waals surface area contributed by atoms with E-state index in [4.69, 9.17) is 17.3 Å². The van der Waals surface area contributed by atoms with Gasteiger partial charge < -0.3 is 5.73 Å². The Labute approximate surface area is 119 Å². The van der Waals surface area contributed by atoms with Gasteiger partial charge in [-0.3, -0.25) is 0 Å². The second-order valence-electron chi connectivity index (χ2n) is 4.11. The summed E-state index contributed by atoms with van der Waals surface area (Å²) in [6.45, 7) is 4.06. The summed E-state index contributed by atoms with van der Waals surface area (Å²) < 4.78 is 1.87. The third-order valence-electron chi connectivity index (χ3n) is 2.67. The Morgan fingerprint density at radius 1 is 1.29 bits per heavy atom. The van der Waals surface area contributed by atoms with Gasteiger partial charge in [0.05, 0.1) is 10.4 Å². The first-order valence-corrected chi connectivity index (χ1v) is 7.25. The summed E-state index contributed by atoms with van der Waals surface area (Å²) in [5.74, 6) is 0. The maximum Gasteiger partial charge on any atom is 0.0961 e. The molecule has 0 saturated carbocycles. The predicted molar refractivity (Wildman–Crippen MR) is 79.0 cm³/mol. The highest BCUT2D eigenvalue weighted by Gasteiger charge is 2.15. The Kier molecular flexibility index (Phi) is 3.93. The van der Waals surface area contributed by atoms with Crippen molar-refractivity contribution in [1.82, 2.24) is 0 Å². The number of nitrogens with two attached hydrogens (primary N) is 1. The van der Waals surface area contributed by atoms with E-state index in [1.165, 1.54) is 5.56 Å². The molecule has 1 atom stereocenters. The van der Waals surface area contributed by atoms with E-state index < -0.39 is 0 Å². The molecule has 2 aromatic rings. The summed E-state index contributed by atoms with van der Waals surface area (Å²) in [5, 5.41) is 0. The zero-order valence-electron chi connectivity index (χ0n) is 9.63. The van der Waals surface area contributed by atoms with Crippen molar-refractivity contribution >= 4 is 38.9 Å². The van der Waals surface area contributed by atoms with Crippen molar-refractivity contribution in [2.45, 2.75) is 19.9 Å². The van der Waals surface area contributed by atoms with Gasteiger partial charge >= 0.3 is 0 Å². The number of thiophene rings is 1. The average molecular weight is 331 g/mol. The number of rotatable bonds is 2. The Balaban J connectivity index is 2.39. The van der Waals surface area contributed by atoms with E-state index in [0.29, 0.717) is 0 Å². The SMILES string of the molecule is Cc1ccc(C(N)c2cc(C)c(Cl)s2)c(Br)c1. The predicted octanol–water partition coefficient (Wildman–Crippen LogP) is 4.83. The van der Waals surface area contributed by atoms with E-state index >= 15 is 0 Å². The van der Waals surface area contributed by atoms with Gasteiger partial charge in [0.15, 0.2) is 0 Å². The fourth-order valence-electron chi connectivity index (χ4n) is 1.67. The van der Waals surface area contributed by atoms with Gasteiger partial charge in [-0.05, 0) is 42.7 Å². The van der Waals surface area contributed by atoms with Gasteiger partial charge in [0.25, 0.3) is 0 Å². The summed E-state index contributed by atoms with van der Waals surface area (Å²) >= 11 is 11.2. The van der Waals surface area contributed by atoms with Crippen molar-refractivity contribution in [2.24, 2.45) is 5.73 Å². The van der Waals surface area contributed by atoms with Gasteiger partial charge in [-0.15, -0.1) is 11.3 Å². The topological polar surface area (TPSA) is 26.0 Å². The van der Waals surface area contributed by atoms with Crippen molar-refractivity contribution in [2.75, 3.05) is 0 Å². The lowest BCUT2D eigenvalue weighted by atomic mass is 10.0. The standard InChI is InChI=1S/C13H13BrClNS/c1-7-3-4-9(10(14)5-7)12(16)11-6-8(2)13(15)17-11/h3-6,12H,16H2,1-2H3. The maximum atomic E-state index is 6.27. The lowest BCUT2D eigenvalue weighted by Gasteiger charge is -2.12. The highest BCUT2D eigenvalue weighted by atomic mass is 79.9. The molecule has 0 aliphatic heterocycles. The summed E-state index contributed by atoms with van der Waals surface area (Å²) in [5.41, 5.74) is 9.67. The van der Waals surface area contributed by atoms with E-state index in [1.54, 1.807) is 11.3 Å². The van der Waals surface area contributed by atoms with Crippen LogP contribution in [0.2, 0.25) is 4.34 Å². The largest absolute Gasteiger partial charge is 0.320 e. The van der Waals surface area contributed by atoms with Gasteiger partial charge in [-0.2, -0.15) is 0 Å². The molecule has 0 fully saturated rings. The van der Waals surface area contributed by atoms with E-state index in [-0.39, 0.29) is 6.04 Å². The van der Waals surface area contributed by atoms with Crippen LogP contribution in [0.1, 0.15) is 27.6 Å². The number of aryl methyl sites for hydroxylation is 2. The Morgan fingerprint density at radius 3 is 2.53 bits per heavy atom. The molecule has 0 bridgehead atoms. The second kappa shape index (κ2) is 5.11. The molecule has 1 unspecified atom stereocenters. The summed E-state index contributed by atoms with van der Waals surface area (Å²) in [6, 6.07) is 8.15. The number of hydrogen-bond acceptors (Lipinski definition) is 2. The van der Waals surface area contributed by atoms with Gasteiger partial charge in [0.1, 0.15) is 0 Å². The van der Waals surface area contributed by atoms with Crippen LogP contribution >= 0.6 is 38.9 Å². The molecule has 0 saturated heterocycles. The lowest BCUT2D eigenvalue weighted by molar-refractivity contribution is 0.885. The van der Waals surface area contributed by atoms with Gasteiger partial charge in [0.2, 0.25) is 0 Å². The minimum absolute atomic E-state index is 0.124. The van der Waals surface area contributed by atoms with E-state index in [2.05, 4.69) is 47.1 Å². The van der Waals surface area contributed by atoms with Crippen molar-refractivity contribution in [1.29, 1.82) is 0 Å². The van der Waals surface area contributed by atoms with Crippen molar-refractivity contribution in [3.63, 3.8) is 0 Å². The molecule has 0 spiro atoms. The average Bonchev–Trinajstić information content (AvgIpc) is 2.58. The Bertz CT molecular complexity index is 531. The highest BCUT2D eigenvalue weighted by molar-refractivity contribution is 9.10. The quantitative estimate of drug-likeness (QED) is 0.838. The van der Waals surface area contributed by atoms with E-state index in [0.717, 1.165) is 24.8 Å². The smallest absolute Gasteiger partial charge is 0.0961 e. The number of benzene rings is 1. The first-order valence-electron chi connectivity index (χ1n) is 5.26. The number of halogens is 2. The minimum Gasteiger partial charge on any atom is -0.320 e. The Morgan fingerprint density at radius 2 is 2.00 bits per heavy atom. The molecule has 2 rings (SSSR count). The molecule has 1 nitrogen and oxygen atoms in total. The van der Waals surface area contributed by atoms with E-state index in [1.807, 2.05) is 6.92 Å². The van der Waals surface area contributed by atoms with Crippen LogP contribution in [0, 0.1) is 13.8 Å². The first-order chi connectivity index (χ1) is 7.99. The van der Waals surface area contributed by atoms with Crippen LogP contribution in [-0.2, 0) is 0 Å². The van der Waals surface area contributed by atoms with Crippen LogP contribution in [-0.4, -0.2) is 0 Å². The molecule has 0 aliphatic rings. The molecular formula is C13H13BrClNS. The first kappa shape index (κ1) is 13.1. The summed E-state index contributed by atoms with van der Waals surface area (Å²) in [4.78, 5) is 1.09. The molecule has 2 N–H and O–H groups in total. The second-order valence-corrected chi connectivity index (χ2v) is 6.65. The molecule has 1 aromatic carbocycles. The molecular weight excluding hydrogens is 318 g/mol. The van der Waals surface area contributed by atoms with Crippen LogP contribution in [0.25, 0.3) is 0 Å². The van der Waals surface area contributed by atoms with Crippen molar-refractivity contribution in [3.05, 3.63) is 54.6 Å². The Hall–Kier alpha value is -0.350. The molecule has 4 heteroatoms. The normalized spacial score (nSPS) is 12.8. The van der Waals surface area contributed by atoms with Crippen LogP contribution in [0.3, 0.4) is 0 Å². The molecule has 0 amide bonds. The van der Waals surface area contributed by atoms with Crippen LogP contribution in [0.5, 0.6) is 0 Å². The molecule has 1 heterocycles. The van der Waals surface area contributed by atoms with Gasteiger partial charge in [-0.1, -0.05) is 39.7 Å². The van der Waals surface area contributed by atoms with Crippen molar-refractivity contribution < 1.29 is 0 Å². The highest BCUT2D eigenvalue weighted by Crippen LogP contribution is 2.35. The van der Waals surface area contributed by atoms with Crippen LogP contribution < -0.4 is 5.73 Å². The molecule has 1 aromatic heterocycles. The van der Waals surface area contributed by atoms with Crippen LogP contribution in [0.4, 0.5) is 0 Å². The van der Waals surface area contributed by atoms with Gasteiger partial charge in [0, 0.05) is 9.35 Å². The maximum absolute atomic E-state index is 6.27. The lowest BCUT2D eigenvalue weighted by Crippen LogP contribution is -2.10. The zero-order chi connectivity index (χ0) is 12.6. The third kappa shape index (κ3) is 2.74. The monoisotopic (exact) mass is 329 g/mol. The molecule has 90 valence electrons. The third-order valence-corrected chi connectivity index (χ3v) is 5.00. The summed E-state index contributed by atoms with van der Waals surface area (Å²) in [7, 11) is 0. The van der Waals surface area contributed by atoms with Crippen LogP contribution in [0.15, 0.2) is 28.7 Å². The fraction of sp³-hybridized carbons (Fsp3) is 0.231. The number of hydrogen-bond donors (Lipinski definition) is 1. The fourth-order valence-corrected chi connectivity index (χ4v) is 3.65. The van der Waals surface area contributed by atoms with Crippen molar-refractivity contribution in [3.8, 4) is 0 Å². The van der Waals surface area contributed by atoms with Gasteiger partial charge in [-0.25, -0.2) is 0 Å². The molecule has 17 heavy (non-hydrogen) atoms. The summed E-state index contributed by atoms with van der Waals surface area (Å²) in [6.07, 6.45) is 0. The molecule has 0 aliphatic carbocycles. The minimum atomic E-state index is -0.124. The zero-order valence-corrected chi connectivity index (χ0v) is 12.8. The molecule has 0 radical (unpaired) electrons. The van der Waals surface area contributed by atoms with E-state index in [9.17, 15) is 0 Å².